The number of nitrogens with one attached hydrogen (secondary N) is 2. The number of ether oxygens (including phenoxy) is 2. The maximum absolute atomic E-state index is 13.0. The average Bonchev–Trinajstić information content (AvgIpc) is 3.28. The quantitative estimate of drug-likeness (QED) is 0.279. The molecule has 3 N–H and O–H groups in total. The van der Waals surface area contributed by atoms with E-state index in [1.165, 1.54) is 0 Å². The standard InChI is InChI=1S/C32H34N2O7/c1-20(2)26(31(37)38)17-33-30(36)28(16-29(35)40-18-21-10-4-3-5-11-21)34-32(39)41-19-27-24-14-8-6-12-22(24)23-13-7-9-15-25(23)27/h3-15,20,26-28H,16-19H2,1-2H3,(H,33,36)(H,34,39)(H,37,38)/t26?,28-/m0/s1. The summed E-state index contributed by atoms with van der Waals surface area (Å²) in [6.45, 7) is 3.35. The minimum atomic E-state index is -1.32. The molecular formula is C32H34N2O7. The van der Waals surface area contributed by atoms with Crippen LogP contribution in [0.3, 0.4) is 0 Å². The van der Waals surface area contributed by atoms with Crippen molar-refractivity contribution in [1.82, 2.24) is 10.6 Å². The molecule has 0 radical (unpaired) electrons. The number of hydrogen-bond acceptors (Lipinski definition) is 6. The van der Waals surface area contributed by atoms with Crippen LogP contribution in [0.15, 0.2) is 78.9 Å². The van der Waals surface area contributed by atoms with Gasteiger partial charge in [0.25, 0.3) is 0 Å². The Hall–Kier alpha value is -4.66. The van der Waals surface area contributed by atoms with Gasteiger partial charge in [0.2, 0.25) is 5.91 Å². The Morgan fingerprint density at radius 1 is 0.829 bits per heavy atom. The van der Waals surface area contributed by atoms with Crippen molar-refractivity contribution in [3.8, 4) is 11.1 Å². The van der Waals surface area contributed by atoms with E-state index in [0.29, 0.717) is 0 Å². The van der Waals surface area contributed by atoms with Crippen LogP contribution < -0.4 is 10.6 Å². The summed E-state index contributed by atoms with van der Waals surface area (Å²) in [5.41, 5.74) is 5.00. The fraction of sp³-hybridized carbons (Fsp3) is 0.312. The number of amides is 2. The number of carbonyl (C=O) groups is 4. The number of hydrogen-bond donors (Lipinski definition) is 3. The van der Waals surface area contributed by atoms with Gasteiger partial charge in [-0.3, -0.25) is 14.4 Å². The van der Waals surface area contributed by atoms with E-state index in [-0.39, 0.29) is 31.6 Å². The Morgan fingerprint density at radius 3 is 2.00 bits per heavy atom. The third-order valence-electron chi connectivity index (χ3n) is 7.18. The van der Waals surface area contributed by atoms with Gasteiger partial charge in [-0.05, 0) is 33.7 Å². The summed E-state index contributed by atoms with van der Waals surface area (Å²) in [5, 5.41) is 14.5. The first kappa shape index (κ1) is 29.3. The van der Waals surface area contributed by atoms with Gasteiger partial charge in [-0.15, -0.1) is 0 Å². The molecule has 0 fully saturated rings. The number of carboxylic acid groups (broad SMARTS) is 1. The van der Waals surface area contributed by atoms with Crippen molar-refractivity contribution in [1.29, 1.82) is 0 Å². The average molecular weight is 559 g/mol. The summed E-state index contributed by atoms with van der Waals surface area (Å²) in [7, 11) is 0. The third-order valence-corrected chi connectivity index (χ3v) is 7.18. The predicted octanol–water partition coefficient (Wildman–Crippen LogP) is 4.50. The lowest BCUT2D eigenvalue weighted by Gasteiger charge is -2.21. The summed E-state index contributed by atoms with van der Waals surface area (Å²) < 4.78 is 10.9. The van der Waals surface area contributed by atoms with Crippen molar-refractivity contribution in [2.75, 3.05) is 13.2 Å². The summed E-state index contributed by atoms with van der Waals surface area (Å²) in [5.74, 6) is -3.72. The summed E-state index contributed by atoms with van der Waals surface area (Å²) in [6, 6.07) is 23.5. The first-order valence-corrected chi connectivity index (χ1v) is 13.6. The van der Waals surface area contributed by atoms with E-state index in [1.54, 1.807) is 26.0 Å². The molecule has 3 aromatic rings. The van der Waals surface area contributed by atoms with Crippen molar-refractivity contribution in [3.63, 3.8) is 0 Å². The maximum Gasteiger partial charge on any atom is 0.407 e. The van der Waals surface area contributed by atoms with Crippen LogP contribution in [-0.2, 0) is 30.5 Å². The molecule has 0 heterocycles. The Bertz CT molecular complexity index is 1340. The minimum Gasteiger partial charge on any atom is -0.481 e. The summed E-state index contributed by atoms with van der Waals surface area (Å²) in [4.78, 5) is 50.1. The number of fused-ring (bicyclic) bond motifs is 3. The molecular weight excluding hydrogens is 524 g/mol. The highest BCUT2D eigenvalue weighted by Gasteiger charge is 2.31. The molecule has 1 aliphatic rings. The molecule has 2 atom stereocenters. The lowest BCUT2D eigenvalue weighted by molar-refractivity contribution is -0.147. The Balaban J connectivity index is 1.41. The Morgan fingerprint density at radius 2 is 1.41 bits per heavy atom. The number of benzene rings is 3. The number of alkyl carbamates (subject to hydrolysis) is 1. The zero-order valence-corrected chi connectivity index (χ0v) is 23.0. The van der Waals surface area contributed by atoms with Crippen molar-refractivity contribution >= 4 is 23.9 Å². The molecule has 0 bridgehead atoms. The van der Waals surface area contributed by atoms with Gasteiger partial charge >= 0.3 is 18.0 Å². The lowest BCUT2D eigenvalue weighted by atomic mass is 9.96. The minimum absolute atomic E-state index is 0.00734. The first-order chi connectivity index (χ1) is 19.7. The first-order valence-electron chi connectivity index (χ1n) is 13.6. The molecule has 2 amide bonds. The third kappa shape index (κ3) is 7.51. The predicted molar refractivity (Wildman–Crippen MR) is 152 cm³/mol. The van der Waals surface area contributed by atoms with E-state index in [2.05, 4.69) is 10.6 Å². The maximum atomic E-state index is 13.0. The van der Waals surface area contributed by atoms with Gasteiger partial charge in [0.05, 0.1) is 12.3 Å². The second-order valence-electron chi connectivity index (χ2n) is 10.3. The molecule has 4 rings (SSSR count). The monoisotopic (exact) mass is 558 g/mol. The lowest BCUT2D eigenvalue weighted by Crippen LogP contribution is -2.50. The van der Waals surface area contributed by atoms with Crippen molar-refractivity contribution in [2.24, 2.45) is 11.8 Å². The van der Waals surface area contributed by atoms with Crippen LogP contribution in [0.4, 0.5) is 4.79 Å². The highest BCUT2D eigenvalue weighted by molar-refractivity contribution is 5.90. The molecule has 0 aliphatic heterocycles. The van der Waals surface area contributed by atoms with Crippen molar-refractivity contribution in [3.05, 3.63) is 95.6 Å². The molecule has 0 spiro atoms. The van der Waals surface area contributed by atoms with Crippen LogP contribution in [0.2, 0.25) is 0 Å². The van der Waals surface area contributed by atoms with Crippen LogP contribution >= 0.6 is 0 Å². The van der Waals surface area contributed by atoms with E-state index in [0.717, 1.165) is 27.8 Å². The summed E-state index contributed by atoms with van der Waals surface area (Å²) >= 11 is 0. The molecule has 214 valence electrons. The molecule has 0 aromatic heterocycles. The van der Waals surface area contributed by atoms with Crippen LogP contribution in [0, 0.1) is 11.8 Å². The van der Waals surface area contributed by atoms with Gasteiger partial charge in [0.1, 0.15) is 19.3 Å². The molecule has 9 nitrogen and oxygen atoms in total. The van der Waals surface area contributed by atoms with Crippen LogP contribution in [0.5, 0.6) is 0 Å². The van der Waals surface area contributed by atoms with Crippen molar-refractivity contribution in [2.45, 2.75) is 38.8 Å². The van der Waals surface area contributed by atoms with Gasteiger partial charge in [-0.2, -0.15) is 0 Å². The SMILES string of the molecule is CC(C)C(CNC(=O)[C@H](CC(=O)OCc1ccccc1)NC(=O)OCC1c2ccccc2-c2ccccc21)C(=O)O. The zero-order chi connectivity index (χ0) is 29.4. The van der Waals surface area contributed by atoms with Crippen molar-refractivity contribution < 1.29 is 33.8 Å². The summed E-state index contributed by atoms with van der Waals surface area (Å²) in [6.07, 6.45) is -1.33. The molecule has 0 saturated carbocycles. The smallest absolute Gasteiger partial charge is 0.407 e. The second-order valence-corrected chi connectivity index (χ2v) is 10.3. The van der Waals surface area contributed by atoms with Crippen LogP contribution in [0.1, 0.15) is 42.9 Å². The second kappa shape index (κ2) is 13.6. The van der Waals surface area contributed by atoms with E-state index >= 15 is 0 Å². The van der Waals surface area contributed by atoms with Crippen LogP contribution in [-0.4, -0.2) is 48.2 Å². The van der Waals surface area contributed by atoms with E-state index in [4.69, 9.17) is 9.47 Å². The molecule has 41 heavy (non-hydrogen) atoms. The molecule has 9 heteroatoms. The number of carbonyl (C=O) groups excluding carboxylic acids is 3. The number of carboxylic acids is 1. The van der Waals surface area contributed by atoms with Gasteiger partial charge in [0, 0.05) is 12.5 Å². The largest absolute Gasteiger partial charge is 0.481 e. The molecule has 0 saturated heterocycles. The van der Waals surface area contributed by atoms with E-state index in [1.807, 2.05) is 66.7 Å². The van der Waals surface area contributed by atoms with Gasteiger partial charge < -0.3 is 25.2 Å². The Kier molecular flexibility index (Phi) is 9.73. The number of esters is 1. The highest BCUT2D eigenvalue weighted by Crippen LogP contribution is 2.44. The van der Waals surface area contributed by atoms with Gasteiger partial charge in [-0.25, -0.2) is 4.79 Å². The molecule has 1 aliphatic carbocycles. The number of rotatable bonds is 12. The van der Waals surface area contributed by atoms with Gasteiger partial charge in [-0.1, -0.05) is 92.7 Å². The Labute approximate surface area is 238 Å². The van der Waals surface area contributed by atoms with Gasteiger partial charge in [0.15, 0.2) is 0 Å². The van der Waals surface area contributed by atoms with E-state index in [9.17, 15) is 24.3 Å². The van der Waals surface area contributed by atoms with Crippen LogP contribution in [0.25, 0.3) is 11.1 Å². The topological polar surface area (TPSA) is 131 Å². The number of aliphatic carboxylic acids is 1. The fourth-order valence-corrected chi connectivity index (χ4v) is 4.90. The zero-order valence-electron chi connectivity index (χ0n) is 23.0. The fourth-order valence-electron chi connectivity index (χ4n) is 4.90. The highest BCUT2D eigenvalue weighted by atomic mass is 16.5. The molecule has 1 unspecified atom stereocenters. The normalized spacial score (nSPS) is 13.4. The van der Waals surface area contributed by atoms with E-state index < -0.39 is 42.3 Å². The molecule has 3 aromatic carbocycles.